The zero-order valence-corrected chi connectivity index (χ0v) is 22.3. The topological polar surface area (TPSA) is 79.5 Å². The highest BCUT2D eigenvalue weighted by Gasteiger charge is 2.28. The number of H-pyrrole nitrogens is 1. The van der Waals surface area contributed by atoms with Crippen LogP contribution in [0.1, 0.15) is 58.1 Å². The number of fused-ring (bicyclic) bond motifs is 1. The zero-order valence-electron chi connectivity index (χ0n) is 22.3. The van der Waals surface area contributed by atoms with Gasteiger partial charge in [-0.15, -0.1) is 0 Å². The number of likely N-dealkylation sites (tertiary alicyclic amines) is 1. The van der Waals surface area contributed by atoms with Crippen molar-refractivity contribution in [3.63, 3.8) is 0 Å². The number of pyridine rings is 1. The molecule has 0 aliphatic carbocycles. The van der Waals surface area contributed by atoms with Crippen molar-refractivity contribution in [1.82, 2.24) is 14.9 Å². The highest BCUT2D eigenvalue weighted by molar-refractivity contribution is 5.94. The molecule has 2 aromatic heterocycles. The fourth-order valence-corrected chi connectivity index (χ4v) is 5.30. The molecule has 204 valence electrons. The second-order valence-electron chi connectivity index (χ2n) is 11.3. The van der Waals surface area contributed by atoms with Crippen molar-refractivity contribution in [2.75, 3.05) is 38.2 Å². The number of halogens is 2. The molecule has 2 saturated heterocycles. The average Bonchev–Trinajstić information content (AvgIpc) is 3.33. The molecular weight excluding hydrogens is 490 g/mol. The van der Waals surface area contributed by atoms with Gasteiger partial charge in [0.05, 0.1) is 5.69 Å². The smallest absolute Gasteiger partial charge is 0.410 e. The molecule has 4 heterocycles. The van der Waals surface area contributed by atoms with E-state index in [0.717, 1.165) is 42.8 Å². The number of hydrogen-bond donors (Lipinski definition) is 2. The van der Waals surface area contributed by atoms with E-state index in [2.05, 4.69) is 15.3 Å². The number of ether oxygens (including phenoxy) is 2. The Bertz CT molecular complexity index is 1290. The van der Waals surface area contributed by atoms with Crippen molar-refractivity contribution in [1.29, 1.82) is 0 Å². The molecule has 2 aliphatic heterocycles. The minimum atomic E-state index is -0.611. The minimum absolute atomic E-state index is 0.213. The molecule has 2 aliphatic rings. The third kappa shape index (κ3) is 5.93. The summed E-state index contributed by atoms with van der Waals surface area (Å²) in [5.41, 5.74) is 2.43. The summed E-state index contributed by atoms with van der Waals surface area (Å²) in [4.78, 5) is 22.0. The summed E-state index contributed by atoms with van der Waals surface area (Å²) < 4.78 is 40.6. The first-order valence-corrected chi connectivity index (χ1v) is 13.4. The summed E-state index contributed by atoms with van der Waals surface area (Å²) in [5, 5.41) is 3.98. The average molecular weight is 527 g/mol. The van der Waals surface area contributed by atoms with Crippen LogP contribution in [-0.4, -0.2) is 59.4 Å². The van der Waals surface area contributed by atoms with E-state index in [0.29, 0.717) is 61.2 Å². The van der Waals surface area contributed by atoms with Crippen LogP contribution in [0.15, 0.2) is 30.5 Å². The van der Waals surface area contributed by atoms with Crippen LogP contribution >= 0.6 is 0 Å². The highest BCUT2D eigenvalue weighted by atomic mass is 19.1. The number of carbonyl (C=O) groups is 1. The van der Waals surface area contributed by atoms with E-state index < -0.39 is 17.2 Å². The van der Waals surface area contributed by atoms with Gasteiger partial charge in [0, 0.05) is 67.7 Å². The van der Waals surface area contributed by atoms with E-state index in [-0.39, 0.29) is 12.0 Å². The quantitative estimate of drug-likeness (QED) is 0.399. The van der Waals surface area contributed by atoms with Gasteiger partial charge in [0.1, 0.15) is 22.9 Å². The van der Waals surface area contributed by atoms with Crippen LogP contribution in [-0.2, 0) is 9.47 Å². The maximum Gasteiger partial charge on any atom is 0.410 e. The molecule has 1 aromatic carbocycles. The van der Waals surface area contributed by atoms with Crippen LogP contribution in [0.5, 0.6) is 0 Å². The Morgan fingerprint density at radius 1 is 1.11 bits per heavy atom. The maximum absolute atomic E-state index is 15.1. The monoisotopic (exact) mass is 526 g/mol. The van der Waals surface area contributed by atoms with Gasteiger partial charge in [0.25, 0.3) is 0 Å². The van der Waals surface area contributed by atoms with E-state index in [1.54, 1.807) is 23.2 Å². The molecule has 0 unspecified atom stereocenters. The van der Waals surface area contributed by atoms with Crippen LogP contribution < -0.4 is 5.32 Å². The maximum atomic E-state index is 15.1. The standard InChI is InChI=1S/C29H36F2N4O3/c1-29(2,3)38-28(36)35-10-5-19(6-11-35)25-15-22-20(4-9-32-27(22)34-25)21-14-26(24(31)16-23(21)30)33-17-18-7-12-37-13-8-18/h4,9,14-16,18-19,33H,5-8,10-13,17H2,1-3H3,(H,32,34). The lowest BCUT2D eigenvalue weighted by Gasteiger charge is -2.33. The summed E-state index contributed by atoms with van der Waals surface area (Å²) in [6, 6.07) is 6.30. The SMILES string of the molecule is CC(C)(C)OC(=O)N1CCC(c2cc3c(-c4cc(NCC5CCOCC5)c(F)cc4F)ccnc3[nH]2)CC1. The Hall–Kier alpha value is -3.20. The number of nitrogens with one attached hydrogen (secondary N) is 2. The Morgan fingerprint density at radius 2 is 1.84 bits per heavy atom. The molecular formula is C29H36F2N4O3. The number of aromatic amines is 1. The largest absolute Gasteiger partial charge is 0.444 e. The first-order chi connectivity index (χ1) is 18.2. The van der Waals surface area contributed by atoms with Crippen molar-refractivity contribution in [3.05, 3.63) is 47.8 Å². The third-order valence-electron chi connectivity index (χ3n) is 7.41. The van der Waals surface area contributed by atoms with Crippen LogP contribution in [0.2, 0.25) is 0 Å². The summed E-state index contributed by atoms with van der Waals surface area (Å²) in [5.74, 6) is -0.598. The Labute approximate surface area is 221 Å². The molecule has 1 amide bonds. The number of benzene rings is 1. The summed E-state index contributed by atoms with van der Waals surface area (Å²) in [6.45, 7) is 8.84. The van der Waals surface area contributed by atoms with Gasteiger partial charge >= 0.3 is 6.09 Å². The van der Waals surface area contributed by atoms with Crippen molar-refractivity contribution >= 4 is 22.8 Å². The van der Waals surface area contributed by atoms with Crippen LogP contribution in [0.3, 0.4) is 0 Å². The fourth-order valence-electron chi connectivity index (χ4n) is 5.30. The normalized spacial score (nSPS) is 17.7. The van der Waals surface area contributed by atoms with E-state index >= 15 is 4.39 Å². The molecule has 38 heavy (non-hydrogen) atoms. The number of hydrogen-bond acceptors (Lipinski definition) is 5. The second-order valence-corrected chi connectivity index (χ2v) is 11.3. The van der Waals surface area contributed by atoms with Crippen molar-refractivity contribution in [2.45, 2.75) is 58.0 Å². The summed E-state index contributed by atoms with van der Waals surface area (Å²) >= 11 is 0. The van der Waals surface area contributed by atoms with Gasteiger partial charge in [-0.2, -0.15) is 0 Å². The Morgan fingerprint density at radius 3 is 2.55 bits per heavy atom. The van der Waals surface area contributed by atoms with Crippen molar-refractivity contribution in [3.8, 4) is 11.1 Å². The lowest BCUT2D eigenvalue weighted by Crippen LogP contribution is -2.41. The first kappa shape index (κ1) is 26.4. The minimum Gasteiger partial charge on any atom is -0.444 e. The zero-order chi connectivity index (χ0) is 26.9. The van der Waals surface area contributed by atoms with E-state index in [1.165, 1.54) is 0 Å². The van der Waals surface area contributed by atoms with E-state index in [4.69, 9.17) is 9.47 Å². The highest BCUT2D eigenvalue weighted by Crippen LogP contribution is 2.36. The van der Waals surface area contributed by atoms with Gasteiger partial charge in [-0.05, 0) is 76.1 Å². The van der Waals surface area contributed by atoms with Crippen LogP contribution in [0, 0.1) is 17.6 Å². The number of carbonyl (C=O) groups excluding carboxylic acids is 1. The second kappa shape index (κ2) is 10.9. The molecule has 2 fully saturated rings. The number of amides is 1. The predicted octanol–water partition coefficient (Wildman–Crippen LogP) is 6.46. The number of piperidine rings is 1. The number of nitrogens with zero attached hydrogens (tertiary/aromatic N) is 2. The molecule has 9 heteroatoms. The molecule has 5 rings (SSSR count). The lowest BCUT2D eigenvalue weighted by atomic mass is 9.93. The van der Waals surface area contributed by atoms with Crippen molar-refractivity contribution in [2.24, 2.45) is 5.92 Å². The van der Waals surface area contributed by atoms with E-state index in [1.807, 2.05) is 26.8 Å². The van der Waals surface area contributed by atoms with E-state index in [9.17, 15) is 9.18 Å². The molecule has 3 aromatic rings. The fraction of sp³-hybridized carbons (Fsp3) is 0.517. The van der Waals surface area contributed by atoms with Gasteiger partial charge in [-0.1, -0.05) is 0 Å². The van der Waals surface area contributed by atoms with Gasteiger partial charge < -0.3 is 24.7 Å². The molecule has 0 saturated carbocycles. The molecule has 0 spiro atoms. The molecule has 7 nitrogen and oxygen atoms in total. The van der Waals surface area contributed by atoms with Gasteiger partial charge in [-0.25, -0.2) is 18.6 Å². The van der Waals surface area contributed by atoms with Crippen LogP contribution in [0.4, 0.5) is 19.3 Å². The van der Waals surface area contributed by atoms with Gasteiger partial charge in [0.15, 0.2) is 0 Å². The lowest BCUT2D eigenvalue weighted by molar-refractivity contribution is 0.0204. The molecule has 0 atom stereocenters. The Balaban J connectivity index is 1.34. The molecule has 2 N–H and O–H groups in total. The molecule has 0 radical (unpaired) electrons. The third-order valence-corrected chi connectivity index (χ3v) is 7.41. The van der Waals surface area contributed by atoms with Gasteiger partial charge in [0.2, 0.25) is 0 Å². The number of rotatable bonds is 5. The summed E-state index contributed by atoms with van der Waals surface area (Å²) in [6.07, 6.45) is 4.78. The predicted molar refractivity (Wildman–Crippen MR) is 143 cm³/mol. The first-order valence-electron chi connectivity index (χ1n) is 13.4. The number of anilines is 1. The van der Waals surface area contributed by atoms with Gasteiger partial charge in [-0.3, -0.25) is 0 Å². The molecule has 0 bridgehead atoms. The number of aromatic nitrogens is 2. The Kier molecular flexibility index (Phi) is 7.56. The van der Waals surface area contributed by atoms with Crippen LogP contribution in [0.25, 0.3) is 22.2 Å². The van der Waals surface area contributed by atoms with Crippen molar-refractivity contribution < 1.29 is 23.0 Å². The summed E-state index contributed by atoms with van der Waals surface area (Å²) in [7, 11) is 0.